The molecule has 0 aliphatic carbocycles. The highest BCUT2D eigenvalue weighted by atomic mass is 16.5. The molecule has 2 aromatic rings. The van der Waals surface area contributed by atoms with Gasteiger partial charge in [-0.25, -0.2) is 4.79 Å². The second kappa shape index (κ2) is 9.23. The number of carbonyl (C=O) groups excluding carboxylic acids is 1. The number of ether oxygens (including phenoxy) is 1. The number of piperidine rings is 1. The standard InChI is InChI=1S/C21H26N2O2/c24-21(25-16-18-4-2-1-3-5-18)23-15-10-17-6-8-19(9-7-17)20-11-13-22-14-12-20/h1-9,20,22H,10-16H2,(H,23,24). The van der Waals surface area contributed by atoms with E-state index in [1.54, 1.807) is 0 Å². The maximum absolute atomic E-state index is 11.7. The first-order valence-electron chi connectivity index (χ1n) is 9.05. The molecule has 0 bridgehead atoms. The Morgan fingerprint density at radius 2 is 1.72 bits per heavy atom. The van der Waals surface area contributed by atoms with Gasteiger partial charge in [-0.1, -0.05) is 54.6 Å². The van der Waals surface area contributed by atoms with E-state index in [2.05, 4.69) is 34.9 Å². The van der Waals surface area contributed by atoms with Crippen molar-refractivity contribution in [2.75, 3.05) is 19.6 Å². The van der Waals surface area contributed by atoms with Crippen molar-refractivity contribution >= 4 is 6.09 Å². The summed E-state index contributed by atoms with van der Waals surface area (Å²) in [5.74, 6) is 0.682. The first kappa shape index (κ1) is 17.5. The molecule has 1 amide bonds. The Labute approximate surface area is 149 Å². The summed E-state index contributed by atoms with van der Waals surface area (Å²) in [7, 11) is 0. The summed E-state index contributed by atoms with van der Waals surface area (Å²) in [6.45, 7) is 3.11. The number of hydrogen-bond donors (Lipinski definition) is 2. The minimum Gasteiger partial charge on any atom is -0.445 e. The molecule has 0 aromatic heterocycles. The number of carbonyl (C=O) groups is 1. The van der Waals surface area contributed by atoms with Crippen molar-refractivity contribution in [1.29, 1.82) is 0 Å². The third kappa shape index (κ3) is 5.61. The highest BCUT2D eigenvalue weighted by Gasteiger charge is 2.14. The third-order valence-corrected chi connectivity index (χ3v) is 4.69. The first-order chi connectivity index (χ1) is 12.3. The van der Waals surface area contributed by atoms with E-state index < -0.39 is 0 Å². The predicted octanol–water partition coefficient (Wildman–Crippen LogP) is 3.62. The van der Waals surface area contributed by atoms with Crippen LogP contribution in [0.4, 0.5) is 4.79 Å². The van der Waals surface area contributed by atoms with Gasteiger partial charge in [0.2, 0.25) is 0 Å². The molecule has 25 heavy (non-hydrogen) atoms. The molecular weight excluding hydrogens is 312 g/mol. The zero-order valence-corrected chi connectivity index (χ0v) is 14.5. The smallest absolute Gasteiger partial charge is 0.407 e. The van der Waals surface area contributed by atoms with Crippen LogP contribution in [0, 0.1) is 0 Å². The Morgan fingerprint density at radius 1 is 1.00 bits per heavy atom. The first-order valence-corrected chi connectivity index (χ1v) is 9.05. The number of benzene rings is 2. The van der Waals surface area contributed by atoms with Crippen LogP contribution in [-0.4, -0.2) is 25.7 Å². The second-order valence-electron chi connectivity index (χ2n) is 6.50. The maximum Gasteiger partial charge on any atom is 0.407 e. The van der Waals surface area contributed by atoms with Gasteiger partial charge in [-0.3, -0.25) is 0 Å². The fraction of sp³-hybridized carbons (Fsp3) is 0.381. The summed E-state index contributed by atoms with van der Waals surface area (Å²) in [4.78, 5) is 11.7. The van der Waals surface area contributed by atoms with Gasteiger partial charge in [0.25, 0.3) is 0 Å². The normalized spacial score (nSPS) is 14.9. The highest BCUT2D eigenvalue weighted by Crippen LogP contribution is 2.25. The lowest BCUT2D eigenvalue weighted by Gasteiger charge is -2.23. The van der Waals surface area contributed by atoms with Gasteiger partial charge in [-0.2, -0.15) is 0 Å². The molecule has 4 heteroatoms. The lowest BCUT2D eigenvalue weighted by Crippen LogP contribution is -2.27. The van der Waals surface area contributed by atoms with Gasteiger partial charge < -0.3 is 15.4 Å². The molecule has 2 aromatic carbocycles. The van der Waals surface area contributed by atoms with Crippen molar-refractivity contribution in [3.8, 4) is 0 Å². The Balaban J connectivity index is 1.37. The largest absolute Gasteiger partial charge is 0.445 e. The fourth-order valence-electron chi connectivity index (χ4n) is 3.19. The van der Waals surface area contributed by atoms with Gasteiger partial charge in [0.1, 0.15) is 6.61 Å². The number of rotatable bonds is 6. The van der Waals surface area contributed by atoms with Crippen molar-refractivity contribution in [3.05, 3.63) is 71.3 Å². The molecule has 1 saturated heterocycles. The molecule has 1 aliphatic rings. The number of alkyl carbamates (subject to hydrolysis) is 1. The minimum atomic E-state index is -0.366. The Kier molecular flexibility index (Phi) is 6.46. The van der Waals surface area contributed by atoms with Crippen LogP contribution >= 0.6 is 0 Å². The van der Waals surface area contributed by atoms with Gasteiger partial charge in [-0.15, -0.1) is 0 Å². The van der Waals surface area contributed by atoms with Crippen LogP contribution in [0.15, 0.2) is 54.6 Å². The van der Waals surface area contributed by atoms with Gasteiger partial charge in [0.15, 0.2) is 0 Å². The molecule has 1 aliphatic heterocycles. The molecule has 132 valence electrons. The topological polar surface area (TPSA) is 50.4 Å². The Hall–Kier alpha value is -2.33. The number of nitrogens with one attached hydrogen (secondary N) is 2. The predicted molar refractivity (Wildman–Crippen MR) is 99.6 cm³/mol. The molecular formula is C21H26N2O2. The molecule has 0 unspecified atom stereocenters. The fourth-order valence-corrected chi connectivity index (χ4v) is 3.19. The van der Waals surface area contributed by atoms with Crippen LogP contribution in [-0.2, 0) is 17.8 Å². The van der Waals surface area contributed by atoms with Crippen LogP contribution in [0.1, 0.15) is 35.4 Å². The zero-order chi connectivity index (χ0) is 17.3. The van der Waals surface area contributed by atoms with E-state index in [4.69, 9.17) is 4.74 Å². The number of amides is 1. The lowest BCUT2D eigenvalue weighted by atomic mass is 9.89. The average Bonchev–Trinajstić information content (AvgIpc) is 2.68. The molecule has 0 spiro atoms. The molecule has 2 N–H and O–H groups in total. The maximum atomic E-state index is 11.7. The van der Waals surface area contributed by atoms with E-state index in [-0.39, 0.29) is 6.09 Å². The summed E-state index contributed by atoms with van der Waals surface area (Å²) in [6.07, 6.45) is 2.88. The van der Waals surface area contributed by atoms with E-state index in [1.165, 1.54) is 24.0 Å². The molecule has 3 rings (SSSR count). The monoisotopic (exact) mass is 338 g/mol. The van der Waals surface area contributed by atoms with Gasteiger partial charge in [-0.05, 0) is 55.0 Å². The molecule has 4 nitrogen and oxygen atoms in total. The van der Waals surface area contributed by atoms with Gasteiger partial charge in [0.05, 0.1) is 0 Å². The van der Waals surface area contributed by atoms with Crippen LogP contribution in [0.25, 0.3) is 0 Å². The van der Waals surface area contributed by atoms with Crippen LogP contribution in [0.5, 0.6) is 0 Å². The SMILES string of the molecule is O=C(NCCc1ccc(C2CCNCC2)cc1)OCc1ccccc1. The quantitative estimate of drug-likeness (QED) is 0.846. The van der Waals surface area contributed by atoms with Crippen molar-refractivity contribution in [2.45, 2.75) is 31.8 Å². The molecule has 0 atom stereocenters. The van der Waals surface area contributed by atoms with E-state index in [9.17, 15) is 4.79 Å². The van der Waals surface area contributed by atoms with Crippen LogP contribution < -0.4 is 10.6 Å². The van der Waals surface area contributed by atoms with E-state index in [1.807, 2.05) is 30.3 Å². The van der Waals surface area contributed by atoms with E-state index in [0.29, 0.717) is 19.1 Å². The summed E-state index contributed by atoms with van der Waals surface area (Å²) in [5, 5.41) is 6.21. The summed E-state index contributed by atoms with van der Waals surface area (Å²) < 4.78 is 5.21. The van der Waals surface area contributed by atoms with Crippen LogP contribution in [0.2, 0.25) is 0 Å². The van der Waals surface area contributed by atoms with Gasteiger partial charge >= 0.3 is 6.09 Å². The van der Waals surface area contributed by atoms with Crippen molar-refractivity contribution in [2.24, 2.45) is 0 Å². The summed E-state index contributed by atoms with van der Waals surface area (Å²) in [5.41, 5.74) is 3.66. The third-order valence-electron chi connectivity index (χ3n) is 4.69. The zero-order valence-electron chi connectivity index (χ0n) is 14.5. The number of hydrogen-bond acceptors (Lipinski definition) is 3. The van der Waals surface area contributed by atoms with Crippen molar-refractivity contribution < 1.29 is 9.53 Å². The van der Waals surface area contributed by atoms with Gasteiger partial charge in [0, 0.05) is 6.54 Å². The van der Waals surface area contributed by atoms with E-state index >= 15 is 0 Å². The second-order valence-corrected chi connectivity index (χ2v) is 6.50. The Bertz CT molecular complexity index is 649. The highest BCUT2D eigenvalue weighted by molar-refractivity contribution is 5.67. The molecule has 1 fully saturated rings. The summed E-state index contributed by atoms with van der Waals surface area (Å²) >= 11 is 0. The lowest BCUT2D eigenvalue weighted by molar-refractivity contribution is 0.140. The van der Waals surface area contributed by atoms with Crippen molar-refractivity contribution in [1.82, 2.24) is 10.6 Å². The minimum absolute atomic E-state index is 0.303. The van der Waals surface area contributed by atoms with E-state index in [0.717, 1.165) is 25.1 Å². The Morgan fingerprint density at radius 3 is 2.44 bits per heavy atom. The van der Waals surface area contributed by atoms with Crippen molar-refractivity contribution in [3.63, 3.8) is 0 Å². The van der Waals surface area contributed by atoms with Crippen LogP contribution in [0.3, 0.4) is 0 Å². The summed E-state index contributed by atoms with van der Waals surface area (Å²) in [6, 6.07) is 18.5. The molecule has 0 saturated carbocycles. The molecule has 0 radical (unpaired) electrons. The molecule has 1 heterocycles. The average molecular weight is 338 g/mol.